The van der Waals surface area contributed by atoms with Gasteiger partial charge in [-0.1, -0.05) is 45.9 Å². The van der Waals surface area contributed by atoms with Gasteiger partial charge in [0.2, 0.25) is 17.7 Å². The molecule has 4 rings (SSSR count). The molecule has 0 bridgehead atoms. The lowest BCUT2D eigenvalue weighted by Gasteiger charge is -2.28. The Morgan fingerprint density at radius 3 is 2.56 bits per heavy atom. The number of rotatable bonds is 5. The van der Waals surface area contributed by atoms with Crippen LogP contribution in [0.5, 0.6) is 0 Å². The largest absolute Gasteiger partial charge is 0.361 e. The Morgan fingerprint density at radius 2 is 1.82 bits per heavy atom. The van der Waals surface area contributed by atoms with E-state index in [2.05, 4.69) is 34.6 Å². The molecule has 39 heavy (non-hydrogen) atoms. The second-order valence-electron chi connectivity index (χ2n) is 11.2. The molecule has 1 aliphatic heterocycles. The Morgan fingerprint density at radius 1 is 1.05 bits per heavy atom. The average molecular weight is 536 g/mol. The zero-order chi connectivity index (χ0) is 28.1. The number of fused-ring (bicyclic) bond motifs is 2. The highest BCUT2D eigenvalue weighted by atomic mass is 16.2. The quantitative estimate of drug-likeness (QED) is 0.462. The fourth-order valence-electron chi connectivity index (χ4n) is 5.21. The summed E-state index contributed by atoms with van der Waals surface area (Å²) < 4.78 is 1.82. The third-order valence-corrected chi connectivity index (χ3v) is 7.11. The molecule has 0 saturated carbocycles. The van der Waals surface area contributed by atoms with Gasteiger partial charge in [0.15, 0.2) is 0 Å². The number of nitrogens with one attached hydrogen (secondary N) is 3. The molecular formula is C29H41N7O3. The second-order valence-corrected chi connectivity index (χ2v) is 11.2. The Bertz CT molecular complexity index is 1310. The Labute approximate surface area is 229 Å². The summed E-state index contributed by atoms with van der Waals surface area (Å²) in [4.78, 5) is 49.5. The molecule has 1 aliphatic rings. The lowest BCUT2D eigenvalue weighted by molar-refractivity contribution is -0.135. The van der Waals surface area contributed by atoms with Crippen LogP contribution in [-0.4, -0.2) is 61.5 Å². The Hall–Kier alpha value is -3.69. The van der Waals surface area contributed by atoms with Crippen LogP contribution >= 0.6 is 0 Å². The number of hydrogen-bond acceptors (Lipinski definition) is 5. The summed E-state index contributed by atoms with van der Waals surface area (Å²) in [6, 6.07) is 6.77. The monoisotopic (exact) mass is 535 g/mol. The first-order valence-corrected chi connectivity index (χ1v) is 14.0. The number of benzene rings is 1. The summed E-state index contributed by atoms with van der Waals surface area (Å²) in [5.74, 6) is 1.00. The topological polar surface area (TPSA) is 125 Å². The maximum absolute atomic E-state index is 13.8. The maximum atomic E-state index is 13.8. The lowest BCUT2D eigenvalue weighted by atomic mass is 10.0. The molecule has 0 fully saturated rings. The van der Waals surface area contributed by atoms with Crippen LogP contribution in [-0.2, 0) is 27.3 Å². The summed E-state index contributed by atoms with van der Waals surface area (Å²) in [6.45, 7) is 11.2. The first kappa shape index (κ1) is 28.3. The zero-order valence-electron chi connectivity index (χ0n) is 23.7. The third kappa shape index (κ3) is 7.04. The molecule has 3 heterocycles. The first-order valence-electron chi connectivity index (χ1n) is 14.0. The average Bonchev–Trinajstić information content (AvgIpc) is 3.47. The number of aromatic amines is 1. The van der Waals surface area contributed by atoms with Gasteiger partial charge in [0, 0.05) is 48.9 Å². The normalized spacial score (nSPS) is 19.6. The van der Waals surface area contributed by atoms with Crippen molar-refractivity contribution in [3.63, 3.8) is 0 Å². The van der Waals surface area contributed by atoms with Gasteiger partial charge in [0.1, 0.15) is 17.7 Å². The molecule has 0 radical (unpaired) electrons. The highest BCUT2D eigenvalue weighted by Gasteiger charge is 2.29. The molecule has 2 aromatic heterocycles. The highest BCUT2D eigenvalue weighted by molar-refractivity contribution is 5.90. The zero-order valence-corrected chi connectivity index (χ0v) is 23.7. The van der Waals surface area contributed by atoms with E-state index in [0.29, 0.717) is 50.5 Å². The van der Waals surface area contributed by atoms with Gasteiger partial charge in [-0.15, -0.1) is 0 Å². The number of amides is 3. The van der Waals surface area contributed by atoms with E-state index in [1.807, 2.05) is 60.8 Å². The van der Waals surface area contributed by atoms with Crippen molar-refractivity contribution in [1.29, 1.82) is 0 Å². The number of para-hydroxylation sites is 1. The van der Waals surface area contributed by atoms with E-state index in [1.54, 1.807) is 0 Å². The summed E-state index contributed by atoms with van der Waals surface area (Å²) in [5, 5.41) is 11.8. The standard InChI is InChI=1S/C29H41N7O3/c1-18(2)15-24-27-31-20(5)34-36(27)14-13-35(29(39)19(3)4)12-8-11-26(37)32-25(28(38)33-24)16-21-17-30-23-10-7-6-9-22(21)23/h6-7,9-10,17-19,24-25,30H,8,11-16H2,1-5H3,(H,32,37)(H,33,38)/t24-,25+/m0/s1. The van der Waals surface area contributed by atoms with E-state index >= 15 is 0 Å². The SMILES string of the molecule is Cc1nc2n(n1)CCN(C(=O)C(C)C)CCCC(=O)N[C@H](Cc1c[nH]c3ccccc13)C(=O)N[C@H]2CC(C)C. The summed E-state index contributed by atoms with van der Waals surface area (Å²) in [5.41, 5.74) is 1.94. The molecule has 10 heteroatoms. The summed E-state index contributed by atoms with van der Waals surface area (Å²) in [7, 11) is 0. The minimum atomic E-state index is -0.764. The van der Waals surface area contributed by atoms with Crippen LogP contribution < -0.4 is 10.6 Å². The van der Waals surface area contributed by atoms with Gasteiger partial charge in [0.25, 0.3) is 0 Å². The smallest absolute Gasteiger partial charge is 0.243 e. The number of carbonyl (C=O) groups excluding carboxylic acids is 3. The molecule has 0 unspecified atom stereocenters. The van der Waals surface area contributed by atoms with Gasteiger partial charge >= 0.3 is 0 Å². The van der Waals surface area contributed by atoms with E-state index in [-0.39, 0.29) is 36.0 Å². The summed E-state index contributed by atoms with van der Waals surface area (Å²) in [6.07, 6.45) is 3.63. The van der Waals surface area contributed by atoms with E-state index in [4.69, 9.17) is 4.98 Å². The lowest BCUT2D eigenvalue weighted by Crippen LogP contribution is -2.49. The van der Waals surface area contributed by atoms with Crippen molar-refractivity contribution in [3.8, 4) is 0 Å². The van der Waals surface area contributed by atoms with Gasteiger partial charge in [-0.3, -0.25) is 14.4 Å². The van der Waals surface area contributed by atoms with Crippen LogP contribution in [0, 0.1) is 18.8 Å². The number of hydrogen-bond donors (Lipinski definition) is 3. The molecule has 0 spiro atoms. The number of nitrogens with zero attached hydrogens (tertiary/aromatic N) is 4. The van der Waals surface area contributed by atoms with Crippen molar-refractivity contribution in [3.05, 3.63) is 47.7 Å². The Kier molecular flexibility index (Phi) is 9.04. The van der Waals surface area contributed by atoms with Gasteiger partial charge in [-0.05, 0) is 37.3 Å². The van der Waals surface area contributed by atoms with E-state index in [0.717, 1.165) is 16.5 Å². The molecule has 210 valence electrons. The second kappa shape index (κ2) is 12.4. The van der Waals surface area contributed by atoms with E-state index in [9.17, 15) is 14.4 Å². The highest BCUT2D eigenvalue weighted by Crippen LogP contribution is 2.23. The fraction of sp³-hybridized carbons (Fsp3) is 0.552. The molecule has 3 aromatic rings. The van der Waals surface area contributed by atoms with Crippen molar-refractivity contribution < 1.29 is 14.4 Å². The summed E-state index contributed by atoms with van der Waals surface area (Å²) >= 11 is 0. The van der Waals surface area contributed by atoms with Crippen LogP contribution in [0.25, 0.3) is 10.9 Å². The first-order chi connectivity index (χ1) is 18.6. The molecule has 0 saturated heterocycles. The Balaban J connectivity index is 1.68. The van der Waals surface area contributed by atoms with E-state index < -0.39 is 12.1 Å². The van der Waals surface area contributed by atoms with Crippen molar-refractivity contribution in [2.45, 2.75) is 78.9 Å². The molecule has 0 aliphatic carbocycles. The molecule has 3 amide bonds. The minimum Gasteiger partial charge on any atom is -0.361 e. The van der Waals surface area contributed by atoms with Crippen molar-refractivity contribution in [2.75, 3.05) is 13.1 Å². The van der Waals surface area contributed by atoms with E-state index in [1.165, 1.54) is 0 Å². The van der Waals surface area contributed by atoms with Gasteiger partial charge in [0.05, 0.1) is 12.6 Å². The third-order valence-electron chi connectivity index (χ3n) is 7.11. The number of aromatic nitrogens is 4. The fourth-order valence-corrected chi connectivity index (χ4v) is 5.21. The molecule has 3 N–H and O–H groups in total. The number of aryl methyl sites for hydroxylation is 1. The van der Waals surface area contributed by atoms with Crippen LogP contribution in [0.1, 0.15) is 70.2 Å². The minimum absolute atomic E-state index is 0.0464. The molecule has 10 nitrogen and oxygen atoms in total. The van der Waals surface area contributed by atoms with Crippen LogP contribution in [0.4, 0.5) is 0 Å². The van der Waals surface area contributed by atoms with Gasteiger partial charge in [-0.2, -0.15) is 5.10 Å². The predicted molar refractivity (Wildman–Crippen MR) is 150 cm³/mol. The van der Waals surface area contributed by atoms with Crippen molar-refractivity contribution >= 4 is 28.6 Å². The maximum Gasteiger partial charge on any atom is 0.243 e. The predicted octanol–water partition coefficient (Wildman–Crippen LogP) is 3.28. The van der Waals surface area contributed by atoms with Crippen LogP contribution in [0.15, 0.2) is 30.5 Å². The molecule has 1 aromatic carbocycles. The number of carbonyl (C=O) groups is 3. The molecular weight excluding hydrogens is 494 g/mol. The van der Waals surface area contributed by atoms with Gasteiger partial charge in [-0.25, -0.2) is 9.67 Å². The van der Waals surface area contributed by atoms with Crippen LogP contribution in [0.2, 0.25) is 0 Å². The van der Waals surface area contributed by atoms with Gasteiger partial charge < -0.3 is 20.5 Å². The molecule has 2 atom stereocenters. The van der Waals surface area contributed by atoms with Crippen LogP contribution in [0.3, 0.4) is 0 Å². The van der Waals surface area contributed by atoms with Crippen molar-refractivity contribution in [1.82, 2.24) is 35.3 Å². The van der Waals surface area contributed by atoms with Crippen molar-refractivity contribution in [2.24, 2.45) is 11.8 Å². The number of H-pyrrole nitrogens is 1.